The number of hydrogen-bond donors (Lipinski definition) is 2. The van der Waals surface area contributed by atoms with Gasteiger partial charge in [0.1, 0.15) is 0 Å². The zero-order valence-corrected chi connectivity index (χ0v) is 16.4. The van der Waals surface area contributed by atoms with Gasteiger partial charge in [0.15, 0.2) is 0 Å². The second-order valence-corrected chi connectivity index (χ2v) is 6.49. The fourth-order valence-corrected chi connectivity index (χ4v) is 2.90. The van der Waals surface area contributed by atoms with Gasteiger partial charge in [-0.1, -0.05) is 24.3 Å². The van der Waals surface area contributed by atoms with Crippen molar-refractivity contribution in [2.75, 3.05) is 13.7 Å². The average molecular weight is 407 g/mol. The predicted octanol–water partition coefficient (Wildman–Crippen LogP) is 1.70. The molecule has 2 aromatic carbocycles. The lowest BCUT2D eigenvalue weighted by molar-refractivity contribution is -0.137. The molecule has 0 aliphatic heterocycles. The van der Waals surface area contributed by atoms with Crippen LogP contribution in [0, 0.1) is 0 Å². The Kier molecular flexibility index (Phi) is 6.59. The molecular weight excluding hydrogens is 386 g/mol. The Labute approximate surface area is 171 Å². The van der Waals surface area contributed by atoms with E-state index in [9.17, 15) is 19.2 Å². The van der Waals surface area contributed by atoms with E-state index in [0.717, 1.165) is 10.1 Å². The highest BCUT2D eigenvalue weighted by Gasteiger charge is 2.07. The summed E-state index contributed by atoms with van der Waals surface area (Å²) in [4.78, 5) is 50.5. The number of aromatic nitrogens is 2. The highest BCUT2D eigenvalue weighted by atomic mass is 16.5. The van der Waals surface area contributed by atoms with Gasteiger partial charge in [0.2, 0.25) is 0 Å². The number of rotatable bonds is 7. The molecule has 1 amide bonds. The maximum absolute atomic E-state index is 12.4. The molecule has 1 heterocycles. The average Bonchev–Trinajstić information content (AvgIpc) is 2.76. The van der Waals surface area contributed by atoms with E-state index in [1.165, 1.54) is 6.08 Å². The van der Waals surface area contributed by atoms with Crippen LogP contribution in [0.15, 0.2) is 64.2 Å². The molecule has 0 radical (unpaired) electrons. The van der Waals surface area contributed by atoms with Gasteiger partial charge in [0.05, 0.1) is 17.5 Å². The van der Waals surface area contributed by atoms with Crippen molar-refractivity contribution in [3.05, 3.63) is 86.6 Å². The van der Waals surface area contributed by atoms with Crippen molar-refractivity contribution in [1.82, 2.24) is 14.9 Å². The number of nitrogens with one attached hydrogen (secondary N) is 2. The second kappa shape index (κ2) is 9.51. The van der Waals surface area contributed by atoms with Gasteiger partial charge in [-0.3, -0.25) is 14.2 Å². The van der Waals surface area contributed by atoms with E-state index in [0.29, 0.717) is 22.9 Å². The lowest BCUT2D eigenvalue weighted by Gasteiger charge is -2.06. The number of carbonyl (C=O) groups excluding carboxylic acids is 2. The SMILES string of the molecule is CNC(=O)c1ccc(/C=C/C(=O)OCCCn2c(=O)[nH]c3ccccc3c2=O)cc1. The van der Waals surface area contributed by atoms with Crippen molar-refractivity contribution < 1.29 is 14.3 Å². The molecule has 0 atom stereocenters. The number of H-pyrrole nitrogens is 1. The quantitative estimate of drug-likeness (QED) is 0.352. The standard InChI is InChI=1S/C22H21N3O5/c1-23-20(27)16-10-7-15(8-11-16)9-12-19(26)30-14-4-13-25-21(28)17-5-2-3-6-18(17)24-22(25)29/h2-3,5-12H,4,13-14H2,1H3,(H,23,27)(H,24,29)/b12-9+. The van der Waals surface area contributed by atoms with Crippen LogP contribution < -0.4 is 16.6 Å². The van der Waals surface area contributed by atoms with Gasteiger partial charge in [-0.25, -0.2) is 9.59 Å². The number of para-hydroxylation sites is 1. The summed E-state index contributed by atoms with van der Waals surface area (Å²) in [5.41, 5.74) is 0.888. The largest absolute Gasteiger partial charge is 0.462 e. The normalized spacial score (nSPS) is 11.0. The minimum absolute atomic E-state index is 0.0670. The highest BCUT2D eigenvalue weighted by molar-refractivity contribution is 5.94. The molecule has 0 saturated carbocycles. The maximum atomic E-state index is 12.4. The Hall–Kier alpha value is -3.94. The highest BCUT2D eigenvalue weighted by Crippen LogP contribution is 2.07. The predicted molar refractivity (Wildman–Crippen MR) is 113 cm³/mol. The summed E-state index contributed by atoms with van der Waals surface area (Å²) in [7, 11) is 1.55. The first-order valence-electron chi connectivity index (χ1n) is 9.38. The van der Waals surface area contributed by atoms with Gasteiger partial charge >= 0.3 is 11.7 Å². The number of esters is 1. The number of benzene rings is 2. The van der Waals surface area contributed by atoms with E-state index >= 15 is 0 Å². The molecule has 3 rings (SSSR count). The summed E-state index contributed by atoms with van der Waals surface area (Å²) >= 11 is 0. The number of hydrogen-bond acceptors (Lipinski definition) is 5. The summed E-state index contributed by atoms with van der Waals surface area (Å²) in [6.45, 7) is 0.203. The summed E-state index contributed by atoms with van der Waals surface area (Å²) in [5.74, 6) is -0.723. The Bertz CT molecular complexity index is 1210. The Morgan fingerprint density at radius 1 is 1.10 bits per heavy atom. The van der Waals surface area contributed by atoms with Crippen LogP contribution in [0.5, 0.6) is 0 Å². The Balaban J connectivity index is 1.52. The zero-order chi connectivity index (χ0) is 21.5. The minimum atomic E-state index is -0.537. The van der Waals surface area contributed by atoms with E-state index in [1.54, 1.807) is 61.7 Å². The smallest absolute Gasteiger partial charge is 0.330 e. The lowest BCUT2D eigenvalue weighted by Crippen LogP contribution is -2.35. The third-order valence-corrected chi connectivity index (χ3v) is 4.47. The van der Waals surface area contributed by atoms with Gasteiger partial charge in [0.25, 0.3) is 11.5 Å². The zero-order valence-electron chi connectivity index (χ0n) is 16.4. The van der Waals surface area contributed by atoms with Crippen LogP contribution in [0.3, 0.4) is 0 Å². The third kappa shape index (κ3) is 4.91. The summed E-state index contributed by atoms with van der Waals surface area (Å²) in [6.07, 6.45) is 3.18. The Morgan fingerprint density at radius 3 is 2.57 bits per heavy atom. The first-order chi connectivity index (χ1) is 14.5. The van der Waals surface area contributed by atoms with Gasteiger partial charge in [-0.05, 0) is 42.3 Å². The fraction of sp³-hybridized carbons (Fsp3) is 0.182. The molecule has 0 spiro atoms. The van der Waals surface area contributed by atoms with Gasteiger partial charge in [0, 0.05) is 25.2 Å². The van der Waals surface area contributed by atoms with Crippen molar-refractivity contribution in [3.8, 4) is 0 Å². The first kappa shape index (κ1) is 20.8. The van der Waals surface area contributed by atoms with Crippen LogP contribution >= 0.6 is 0 Å². The topological polar surface area (TPSA) is 110 Å². The minimum Gasteiger partial charge on any atom is -0.462 e. The van der Waals surface area contributed by atoms with Crippen LogP contribution in [0.25, 0.3) is 17.0 Å². The van der Waals surface area contributed by atoms with E-state index in [2.05, 4.69) is 10.3 Å². The van der Waals surface area contributed by atoms with Crippen molar-refractivity contribution in [1.29, 1.82) is 0 Å². The molecule has 0 aliphatic rings. The van der Waals surface area contributed by atoms with Crippen LogP contribution in [0.2, 0.25) is 0 Å². The van der Waals surface area contributed by atoms with E-state index in [1.807, 2.05) is 0 Å². The van der Waals surface area contributed by atoms with Crippen LogP contribution in [0.1, 0.15) is 22.3 Å². The van der Waals surface area contributed by atoms with Gasteiger partial charge < -0.3 is 15.0 Å². The molecule has 30 heavy (non-hydrogen) atoms. The number of ether oxygens (including phenoxy) is 1. The summed E-state index contributed by atoms with van der Waals surface area (Å²) in [6, 6.07) is 13.5. The molecule has 0 unspecified atom stereocenters. The Morgan fingerprint density at radius 2 is 1.83 bits per heavy atom. The molecule has 0 saturated heterocycles. The monoisotopic (exact) mass is 407 g/mol. The molecule has 1 aromatic heterocycles. The van der Waals surface area contributed by atoms with Crippen LogP contribution in [-0.2, 0) is 16.1 Å². The molecule has 3 aromatic rings. The van der Waals surface area contributed by atoms with Crippen LogP contribution in [0.4, 0.5) is 0 Å². The van der Waals surface area contributed by atoms with Crippen molar-refractivity contribution in [2.24, 2.45) is 0 Å². The third-order valence-electron chi connectivity index (χ3n) is 4.47. The molecule has 8 nitrogen and oxygen atoms in total. The number of carbonyl (C=O) groups is 2. The molecular formula is C22H21N3O5. The summed E-state index contributed by atoms with van der Waals surface area (Å²) < 4.78 is 6.21. The second-order valence-electron chi connectivity index (χ2n) is 6.49. The molecule has 154 valence electrons. The van der Waals surface area contributed by atoms with Crippen molar-refractivity contribution in [3.63, 3.8) is 0 Å². The van der Waals surface area contributed by atoms with E-state index in [-0.39, 0.29) is 24.6 Å². The van der Waals surface area contributed by atoms with Crippen LogP contribution in [-0.4, -0.2) is 35.1 Å². The summed E-state index contributed by atoms with van der Waals surface area (Å²) in [5, 5.41) is 2.96. The maximum Gasteiger partial charge on any atom is 0.330 e. The fourth-order valence-electron chi connectivity index (χ4n) is 2.90. The number of aromatic amines is 1. The molecule has 8 heteroatoms. The number of fused-ring (bicyclic) bond motifs is 1. The molecule has 0 aliphatic carbocycles. The van der Waals surface area contributed by atoms with Gasteiger partial charge in [-0.15, -0.1) is 0 Å². The van der Waals surface area contributed by atoms with Crippen molar-refractivity contribution >= 4 is 28.9 Å². The van der Waals surface area contributed by atoms with E-state index < -0.39 is 11.7 Å². The lowest BCUT2D eigenvalue weighted by atomic mass is 10.1. The first-order valence-corrected chi connectivity index (χ1v) is 9.38. The number of amides is 1. The van der Waals surface area contributed by atoms with E-state index in [4.69, 9.17) is 4.74 Å². The van der Waals surface area contributed by atoms with Gasteiger partial charge in [-0.2, -0.15) is 0 Å². The van der Waals surface area contributed by atoms with Crippen molar-refractivity contribution in [2.45, 2.75) is 13.0 Å². The molecule has 0 fully saturated rings. The molecule has 2 N–H and O–H groups in total. The molecule has 0 bridgehead atoms. The number of nitrogens with zero attached hydrogens (tertiary/aromatic N) is 1.